The maximum atomic E-state index is 13.1. The highest BCUT2D eigenvalue weighted by molar-refractivity contribution is 6.05. The minimum Gasteiger partial charge on any atom is -0.362 e. The number of nitrogens with zero attached hydrogens (tertiary/aromatic N) is 3. The van der Waals surface area contributed by atoms with Gasteiger partial charge in [0, 0.05) is 17.6 Å². The summed E-state index contributed by atoms with van der Waals surface area (Å²) >= 11 is 0. The molecule has 0 bridgehead atoms. The molecule has 1 aromatic heterocycles. The number of hydrogen-bond acceptors (Lipinski definition) is 5. The zero-order valence-corrected chi connectivity index (χ0v) is 19.1. The van der Waals surface area contributed by atoms with Gasteiger partial charge in [-0.2, -0.15) is 5.10 Å². The SMILES string of the molecule is O=C(CN1CCCc2ccccc21)NNC(=O)c1nn(Cc2ccccc2)c(=O)c2ccccc12. The Balaban J connectivity index is 1.34. The normalized spacial score (nSPS) is 12.7. The fourth-order valence-electron chi connectivity index (χ4n) is 4.44. The summed E-state index contributed by atoms with van der Waals surface area (Å²) in [5.74, 6) is -0.924. The van der Waals surface area contributed by atoms with Crippen LogP contribution in [0.25, 0.3) is 10.8 Å². The summed E-state index contributed by atoms with van der Waals surface area (Å²) in [5, 5.41) is 5.17. The molecule has 0 spiro atoms. The van der Waals surface area contributed by atoms with Crippen molar-refractivity contribution in [2.24, 2.45) is 0 Å². The van der Waals surface area contributed by atoms with Crippen molar-refractivity contribution in [2.75, 3.05) is 18.0 Å². The molecule has 0 saturated carbocycles. The van der Waals surface area contributed by atoms with Crippen LogP contribution in [0.3, 0.4) is 0 Å². The third kappa shape index (κ3) is 4.77. The molecule has 0 unspecified atom stereocenters. The van der Waals surface area contributed by atoms with Gasteiger partial charge in [0.15, 0.2) is 5.69 Å². The number of hydrazine groups is 1. The number of nitrogens with one attached hydrogen (secondary N) is 2. The second-order valence-corrected chi connectivity index (χ2v) is 8.50. The number of aryl methyl sites for hydroxylation is 1. The Morgan fingerprint density at radius 2 is 1.57 bits per heavy atom. The van der Waals surface area contributed by atoms with E-state index in [4.69, 9.17) is 0 Å². The van der Waals surface area contributed by atoms with Gasteiger partial charge in [-0.1, -0.05) is 66.7 Å². The van der Waals surface area contributed by atoms with E-state index in [9.17, 15) is 14.4 Å². The van der Waals surface area contributed by atoms with Crippen molar-refractivity contribution < 1.29 is 9.59 Å². The molecule has 0 saturated heterocycles. The van der Waals surface area contributed by atoms with E-state index in [-0.39, 0.29) is 30.2 Å². The Bertz CT molecular complexity index is 1450. The van der Waals surface area contributed by atoms with E-state index in [1.54, 1.807) is 24.3 Å². The predicted molar refractivity (Wildman–Crippen MR) is 134 cm³/mol. The van der Waals surface area contributed by atoms with Gasteiger partial charge in [0.25, 0.3) is 17.4 Å². The Labute approximate surface area is 202 Å². The van der Waals surface area contributed by atoms with E-state index < -0.39 is 5.91 Å². The molecule has 5 rings (SSSR count). The Kier molecular flexibility index (Phi) is 6.26. The van der Waals surface area contributed by atoms with E-state index >= 15 is 0 Å². The number of anilines is 1. The van der Waals surface area contributed by atoms with Gasteiger partial charge in [0.05, 0.1) is 18.5 Å². The van der Waals surface area contributed by atoms with Crippen LogP contribution in [-0.4, -0.2) is 34.7 Å². The Morgan fingerprint density at radius 3 is 2.40 bits per heavy atom. The van der Waals surface area contributed by atoms with Crippen molar-refractivity contribution in [3.63, 3.8) is 0 Å². The number of aromatic nitrogens is 2. The van der Waals surface area contributed by atoms with Crippen LogP contribution in [0.5, 0.6) is 0 Å². The van der Waals surface area contributed by atoms with Crippen molar-refractivity contribution in [3.05, 3.63) is 106 Å². The van der Waals surface area contributed by atoms with Crippen LogP contribution in [-0.2, 0) is 17.8 Å². The van der Waals surface area contributed by atoms with E-state index in [1.165, 1.54) is 10.2 Å². The van der Waals surface area contributed by atoms with Crippen LogP contribution in [0.1, 0.15) is 28.0 Å². The number of para-hydroxylation sites is 1. The first-order chi connectivity index (χ1) is 17.1. The molecule has 0 aliphatic carbocycles. The maximum Gasteiger partial charge on any atom is 0.290 e. The summed E-state index contributed by atoms with van der Waals surface area (Å²) in [6.07, 6.45) is 1.96. The molecule has 35 heavy (non-hydrogen) atoms. The van der Waals surface area contributed by atoms with Crippen LogP contribution in [0.2, 0.25) is 0 Å². The summed E-state index contributed by atoms with van der Waals surface area (Å²) in [4.78, 5) is 40.7. The molecular weight excluding hydrogens is 442 g/mol. The minimum atomic E-state index is -0.588. The molecule has 8 nitrogen and oxygen atoms in total. The molecule has 2 heterocycles. The monoisotopic (exact) mass is 467 g/mol. The van der Waals surface area contributed by atoms with Gasteiger partial charge in [-0.25, -0.2) is 4.68 Å². The number of rotatable bonds is 5. The van der Waals surface area contributed by atoms with Crippen molar-refractivity contribution in [2.45, 2.75) is 19.4 Å². The molecule has 1 aliphatic rings. The van der Waals surface area contributed by atoms with Crippen molar-refractivity contribution in [1.29, 1.82) is 0 Å². The zero-order valence-electron chi connectivity index (χ0n) is 19.1. The van der Waals surface area contributed by atoms with Crippen LogP contribution >= 0.6 is 0 Å². The smallest absolute Gasteiger partial charge is 0.290 e. The minimum absolute atomic E-state index is 0.0692. The molecule has 0 atom stereocenters. The van der Waals surface area contributed by atoms with Crippen molar-refractivity contribution >= 4 is 28.3 Å². The lowest BCUT2D eigenvalue weighted by Gasteiger charge is -2.30. The number of benzene rings is 3. The molecular formula is C27H25N5O3. The number of carbonyl (C=O) groups is 2. The standard InChI is InChI=1S/C27H25N5O3/c33-24(18-31-16-8-12-20-11-4-7-15-23(20)31)28-29-26(34)25-21-13-5-6-14-22(21)27(35)32(30-25)17-19-9-2-1-3-10-19/h1-7,9-11,13-15H,8,12,16-18H2,(H,28,33)(H,29,34). The lowest BCUT2D eigenvalue weighted by molar-refractivity contribution is -0.120. The van der Waals surface area contributed by atoms with E-state index in [1.807, 2.05) is 53.4 Å². The molecule has 0 radical (unpaired) electrons. The third-order valence-electron chi connectivity index (χ3n) is 6.11. The van der Waals surface area contributed by atoms with Gasteiger partial charge in [-0.05, 0) is 36.1 Å². The third-order valence-corrected chi connectivity index (χ3v) is 6.11. The highest BCUT2D eigenvalue weighted by Gasteiger charge is 2.20. The first-order valence-electron chi connectivity index (χ1n) is 11.6. The molecule has 4 aromatic rings. The molecule has 1 aliphatic heterocycles. The van der Waals surface area contributed by atoms with E-state index in [2.05, 4.69) is 22.0 Å². The molecule has 8 heteroatoms. The topological polar surface area (TPSA) is 96.3 Å². The average molecular weight is 468 g/mol. The maximum absolute atomic E-state index is 13.1. The Hall–Kier alpha value is -4.46. The average Bonchev–Trinajstić information content (AvgIpc) is 2.90. The summed E-state index contributed by atoms with van der Waals surface area (Å²) in [6.45, 7) is 1.12. The molecule has 176 valence electrons. The second-order valence-electron chi connectivity index (χ2n) is 8.50. The highest BCUT2D eigenvalue weighted by atomic mass is 16.2. The quantitative estimate of drug-likeness (QED) is 0.440. The van der Waals surface area contributed by atoms with Gasteiger partial charge in [-0.3, -0.25) is 25.2 Å². The lowest BCUT2D eigenvalue weighted by atomic mass is 10.0. The van der Waals surface area contributed by atoms with Crippen LogP contribution in [0, 0.1) is 0 Å². The molecule has 2 N–H and O–H groups in total. The van der Waals surface area contributed by atoms with E-state index in [0.717, 1.165) is 30.6 Å². The number of fused-ring (bicyclic) bond motifs is 2. The summed E-state index contributed by atoms with van der Waals surface area (Å²) in [7, 11) is 0. The fourth-order valence-corrected chi connectivity index (χ4v) is 4.44. The van der Waals surface area contributed by atoms with Crippen LogP contribution < -0.4 is 21.3 Å². The van der Waals surface area contributed by atoms with Crippen molar-refractivity contribution in [3.8, 4) is 0 Å². The lowest BCUT2D eigenvalue weighted by Crippen LogP contribution is -2.48. The van der Waals surface area contributed by atoms with Gasteiger partial charge >= 0.3 is 0 Å². The predicted octanol–water partition coefficient (Wildman–Crippen LogP) is 2.66. The van der Waals surface area contributed by atoms with Crippen LogP contribution in [0.4, 0.5) is 5.69 Å². The zero-order chi connectivity index (χ0) is 24.2. The summed E-state index contributed by atoms with van der Waals surface area (Å²) in [6, 6.07) is 24.3. The van der Waals surface area contributed by atoms with Gasteiger partial charge in [0.2, 0.25) is 0 Å². The molecule has 3 aromatic carbocycles. The van der Waals surface area contributed by atoms with Gasteiger partial charge < -0.3 is 4.90 Å². The first-order valence-corrected chi connectivity index (χ1v) is 11.6. The largest absolute Gasteiger partial charge is 0.362 e. The Morgan fingerprint density at radius 1 is 0.857 bits per heavy atom. The van der Waals surface area contributed by atoms with Crippen molar-refractivity contribution in [1.82, 2.24) is 20.6 Å². The van der Waals surface area contributed by atoms with Crippen LogP contribution in [0.15, 0.2) is 83.7 Å². The first kappa shape index (κ1) is 22.3. The number of hydrogen-bond donors (Lipinski definition) is 2. The summed E-state index contributed by atoms with van der Waals surface area (Å²) in [5.41, 5.74) is 7.90. The van der Waals surface area contributed by atoms with Gasteiger partial charge in [0.1, 0.15) is 0 Å². The molecule has 2 amide bonds. The number of carbonyl (C=O) groups excluding carboxylic acids is 2. The van der Waals surface area contributed by atoms with Gasteiger partial charge in [-0.15, -0.1) is 0 Å². The van der Waals surface area contributed by atoms with E-state index in [0.29, 0.717) is 10.8 Å². The molecule has 0 fully saturated rings. The summed E-state index contributed by atoms with van der Waals surface area (Å²) < 4.78 is 1.28. The fraction of sp³-hybridized carbons (Fsp3) is 0.185. The highest BCUT2D eigenvalue weighted by Crippen LogP contribution is 2.26. The number of amides is 2. The second kappa shape index (κ2) is 9.80.